The van der Waals surface area contributed by atoms with Gasteiger partial charge in [-0.3, -0.25) is 4.79 Å². The number of hydrogen-bond donors (Lipinski definition) is 1. The van der Waals surface area contributed by atoms with Crippen molar-refractivity contribution in [2.45, 2.75) is 18.8 Å². The largest absolute Gasteiger partial charge is 0.481 e. The smallest absolute Gasteiger partial charge is 0.310 e. The fourth-order valence-corrected chi connectivity index (χ4v) is 2.93. The van der Waals surface area contributed by atoms with Gasteiger partial charge in [-0.15, -0.1) is 0 Å². The third-order valence-corrected chi connectivity index (χ3v) is 4.08. The molecule has 3 aromatic carbocycles. The van der Waals surface area contributed by atoms with Crippen LogP contribution in [0.1, 0.15) is 23.5 Å². The molecule has 0 spiro atoms. The Morgan fingerprint density at radius 2 is 1.55 bits per heavy atom. The number of hydrogen-bond acceptors (Lipinski definition) is 1. The zero-order chi connectivity index (χ0) is 15.4. The lowest BCUT2D eigenvalue weighted by Crippen LogP contribution is -2.12. The Hall–Kier alpha value is -2.61. The Bertz CT molecular complexity index is 773. The van der Waals surface area contributed by atoms with E-state index in [0.29, 0.717) is 6.42 Å². The molecule has 0 aromatic heterocycles. The fourth-order valence-electron chi connectivity index (χ4n) is 2.93. The number of fused-ring (bicyclic) bond motifs is 1. The average molecular weight is 290 g/mol. The predicted molar refractivity (Wildman–Crippen MR) is 89.1 cm³/mol. The van der Waals surface area contributed by atoms with Gasteiger partial charge in [-0.2, -0.15) is 0 Å². The van der Waals surface area contributed by atoms with Crippen molar-refractivity contribution in [3.63, 3.8) is 0 Å². The van der Waals surface area contributed by atoms with Crippen LogP contribution in [0.3, 0.4) is 0 Å². The maximum atomic E-state index is 11.6. The first kappa shape index (κ1) is 14.3. The van der Waals surface area contributed by atoms with E-state index in [0.717, 1.165) is 12.0 Å². The second-order valence-corrected chi connectivity index (χ2v) is 5.48. The Balaban J connectivity index is 1.84. The summed E-state index contributed by atoms with van der Waals surface area (Å²) in [5.41, 5.74) is 2.08. The summed E-state index contributed by atoms with van der Waals surface area (Å²) < 4.78 is 0. The average Bonchev–Trinajstić information content (AvgIpc) is 2.56. The van der Waals surface area contributed by atoms with Crippen LogP contribution in [-0.2, 0) is 11.2 Å². The summed E-state index contributed by atoms with van der Waals surface area (Å²) in [5, 5.41) is 11.9. The van der Waals surface area contributed by atoms with Gasteiger partial charge >= 0.3 is 5.97 Å². The van der Waals surface area contributed by atoms with Crippen molar-refractivity contribution in [3.8, 4) is 0 Å². The maximum Gasteiger partial charge on any atom is 0.310 e. The molecule has 1 atom stereocenters. The molecular weight excluding hydrogens is 272 g/mol. The molecular formula is C20H18O2. The van der Waals surface area contributed by atoms with Crippen LogP contribution in [0.25, 0.3) is 10.8 Å². The first-order valence-electron chi connectivity index (χ1n) is 7.50. The highest BCUT2D eigenvalue weighted by Crippen LogP contribution is 2.25. The zero-order valence-corrected chi connectivity index (χ0v) is 12.3. The third-order valence-electron chi connectivity index (χ3n) is 4.08. The Labute approximate surface area is 130 Å². The zero-order valence-electron chi connectivity index (χ0n) is 12.3. The van der Waals surface area contributed by atoms with E-state index in [9.17, 15) is 9.90 Å². The third kappa shape index (κ3) is 3.01. The van der Waals surface area contributed by atoms with E-state index in [-0.39, 0.29) is 0 Å². The van der Waals surface area contributed by atoms with Crippen LogP contribution >= 0.6 is 0 Å². The minimum absolute atomic E-state index is 0.458. The van der Waals surface area contributed by atoms with E-state index in [1.54, 1.807) is 0 Å². The Morgan fingerprint density at radius 1 is 0.864 bits per heavy atom. The summed E-state index contributed by atoms with van der Waals surface area (Å²) in [6.07, 6.45) is 1.36. The van der Waals surface area contributed by atoms with Gasteiger partial charge in [-0.05, 0) is 34.7 Å². The van der Waals surface area contributed by atoms with Crippen molar-refractivity contribution in [3.05, 3.63) is 83.9 Å². The second kappa shape index (κ2) is 6.44. The summed E-state index contributed by atoms with van der Waals surface area (Å²) in [7, 11) is 0. The normalized spacial score (nSPS) is 12.2. The van der Waals surface area contributed by atoms with Crippen molar-refractivity contribution in [2.24, 2.45) is 0 Å². The second-order valence-electron chi connectivity index (χ2n) is 5.48. The van der Waals surface area contributed by atoms with E-state index < -0.39 is 11.9 Å². The quantitative estimate of drug-likeness (QED) is 0.743. The molecule has 22 heavy (non-hydrogen) atoms. The summed E-state index contributed by atoms with van der Waals surface area (Å²) in [6, 6.07) is 23.9. The highest BCUT2D eigenvalue weighted by Gasteiger charge is 2.19. The number of carbonyl (C=O) groups is 1. The predicted octanol–water partition coefficient (Wildman–Crippen LogP) is 4.64. The SMILES string of the molecule is O=C(O)[C@@H](CCc1cccc2ccccc12)c1ccccc1. The highest BCUT2D eigenvalue weighted by atomic mass is 16.4. The van der Waals surface area contributed by atoms with Gasteiger partial charge in [-0.25, -0.2) is 0 Å². The monoisotopic (exact) mass is 290 g/mol. The van der Waals surface area contributed by atoms with E-state index in [4.69, 9.17) is 0 Å². The van der Waals surface area contributed by atoms with Gasteiger partial charge < -0.3 is 5.11 Å². The van der Waals surface area contributed by atoms with Crippen LogP contribution in [0, 0.1) is 0 Å². The summed E-state index contributed by atoms with van der Waals surface area (Å²) in [5.74, 6) is -1.22. The molecule has 0 saturated heterocycles. The van der Waals surface area contributed by atoms with E-state index in [1.807, 2.05) is 48.5 Å². The van der Waals surface area contributed by atoms with Gasteiger partial charge in [0.1, 0.15) is 0 Å². The van der Waals surface area contributed by atoms with Crippen molar-refractivity contribution in [1.82, 2.24) is 0 Å². The van der Waals surface area contributed by atoms with Crippen LogP contribution < -0.4 is 0 Å². The lowest BCUT2D eigenvalue weighted by molar-refractivity contribution is -0.138. The molecule has 0 fully saturated rings. The molecule has 0 aliphatic heterocycles. The number of rotatable bonds is 5. The van der Waals surface area contributed by atoms with Crippen molar-refractivity contribution >= 4 is 16.7 Å². The van der Waals surface area contributed by atoms with Crippen LogP contribution in [0.15, 0.2) is 72.8 Å². The standard InChI is InChI=1S/C20H18O2/c21-20(22)19(16-7-2-1-3-8-16)14-13-17-11-6-10-15-9-4-5-12-18(15)17/h1-12,19H,13-14H2,(H,21,22)/t19-/m0/s1. The molecule has 2 nitrogen and oxygen atoms in total. The summed E-state index contributed by atoms with van der Waals surface area (Å²) in [6.45, 7) is 0. The molecule has 0 radical (unpaired) electrons. The molecule has 2 heteroatoms. The van der Waals surface area contributed by atoms with Crippen LogP contribution in [0.4, 0.5) is 0 Å². The fraction of sp³-hybridized carbons (Fsp3) is 0.150. The molecule has 0 bridgehead atoms. The van der Waals surface area contributed by atoms with Crippen LogP contribution in [0.2, 0.25) is 0 Å². The topological polar surface area (TPSA) is 37.3 Å². The molecule has 1 N–H and O–H groups in total. The van der Waals surface area contributed by atoms with Gasteiger partial charge in [0, 0.05) is 0 Å². The van der Waals surface area contributed by atoms with Gasteiger partial charge in [0.2, 0.25) is 0 Å². The summed E-state index contributed by atoms with van der Waals surface area (Å²) in [4.78, 5) is 11.6. The lowest BCUT2D eigenvalue weighted by atomic mass is 9.91. The number of aryl methyl sites for hydroxylation is 1. The molecule has 0 amide bonds. The van der Waals surface area contributed by atoms with Gasteiger partial charge in [0.05, 0.1) is 5.92 Å². The van der Waals surface area contributed by atoms with Crippen LogP contribution in [-0.4, -0.2) is 11.1 Å². The van der Waals surface area contributed by atoms with Crippen molar-refractivity contribution < 1.29 is 9.90 Å². The molecule has 0 unspecified atom stereocenters. The van der Waals surface area contributed by atoms with E-state index in [2.05, 4.69) is 24.3 Å². The number of benzene rings is 3. The Kier molecular flexibility index (Phi) is 4.19. The van der Waals surface area contributed by atoms with Crippen molar-refractivity contribution in [1.29, 1.82) is 0 Å². The highest BCUT2D eigenvalue weighted by molar-refractivity contribution is 5.85. The molecule has 3 aromatic rings. The first-order chi connectivity index (χ1) is 10.8. The molecule has 0 aliphatic carbocycles. The first-order valence-corrected chi connectivity index (χ1v) is 7.50. The number of aliphatic carboxylic acids is 1. The number of carboxylic acid groups (broad SMARTS) is 1. The molecule has 110 valence electrons. The number of carboxylic acids is 1. The minimum atomic E-state index is -0.758. The molecule has 3 rings (SSSR count). The minimum Gasteiger partial charge on any atom is -0.481 e. The van der Waals surface area contributed by atoms with Gasteiger partial charge in [-0.1, -0.05) is 72.8 Å². The molecule has 0 heterocycles. The van der Waals surface area contributed by atoms with Crippen molar-refractivity contribution in [2.75, 3.05) is 0 Å². The Morgan fingerprint density at radius 3 is 2.32 bits per heavy atom. The van der Waals surface area contributed by atoms with Gasteiger partial charge in [0.15, 0.2) is 0 Å². The van der Waals surface area contributed by atoms with Crippen LogP contribution in [0.5, 0.6) is 0 Å². The van der Waals surface area contributed by atoms with E-state index >= 15 is 0 Å². The van der Waals surface area contributed by atoms with E-state index in [1.165, 1.54) is 16.3 Å². The van der Waals surface area contributed by atoms with Gasteiger partial charge in [0.25, 0.3) is 0 Å². The maximum absolute atomic E-state index is 11.6. The summed E-state index contributed by atoms with van der Waals surface area (Å²) >= 11 is 0. The lowest BCUT2D eigenvalue weighted by Gasteiger charge is -2.13. The molecule has 0 saturated carbocycles. The molecule has 0 aliphatic rings.